The van der Waals surface area contributed by atoms with E-state index in [1.165, 1.54) is 0 Å². The molecular formula is C12H17N. The van der Waals surface area contributed by atoms with Gasteiger partial charge in [0.2, 0.25) is 0 Å². The van der Waals surface area contributed by atoms with Crippen LogP contribution in [-0.4, -0.2) is 0 Å². The van der Waals surface area contributed by atoms with Crippen LogP contribution in [0, 0.1) is 11.3 Å². The summed E-state index contributed by atoms with van der Waals surface area (Å²) in [4.78, 5) is 0. The maximum atomic E-state index is 8.24. The van der Waals surface area contributed by atoms with E-state index in [-0.39, 0.29) is 0 Å². The highest BCUT2D eigenvalue weighted by atomic mass is 14.2. The molecular weight excluding hydrogens is 158 g/mol. The molecule has 0 rings (SSSR count). The molecule has 0 heterocycles. The summed E-state index contributed by atoms with van der Waals surface area (Å²) >= 11 is 0. The van der Waals surface area contributed by atoms with Gasteiger partial charge >= 0.3 is 0 Å². The van der Waals surface area contributed by atoms with Crippen LogP contribution in [0.2, 0.25) is 0 Å². The van der Waals surface area contributed by atoms with Gasteiger partial charge < -0.3 is 0 Å². The molecule has 0 fully saturated rings. The maximum Gasteiger partial charge on any atom is 0.0663 e. The quantitative estimate of drug-likeness (QED) is 0.445. The van der Waals surface area contributed by atoms with Crippen LogP contribution in [0.15, 0.2) is 36.5 Å². The molecule has 0 aromatic rings. The first-order valence-electron chi connectivity index (χ1n) is 4.70. The maximum absolute atomic E-state index is 8.24. The fraction of sp³-hybridized carbons (Fsp3) is 0.417. The van der Waals surface area contributed by atoms with E-state index in [9.17, 15) is 0 Å². The average molecular weight is 175 g/mol. The van der Waals surface area contributed by atoms with Crippen LogP contribution in [0.3, 0.4) is 0 Å². The lowest BCUT2D eigenvalue weighted by atomic mass is 10.2. The highest BCUT2D eigenvalue weighted by Gasteiger charge is 1.76. The lowest BCUT2D eigenvalue weighted by Crippen LogP contribution is -1.65. The summed E-state index contributed by atoms with van der Waals surface area (Å²) in [5.41, 5.74) is 0. The van der Waals surface area contributed by atoms with Crippen LogP contribution in [0.4, 0.5) is 0 Å². The zero-order valence-corrected chi connectivity index (χ0v) is 8.24. The Bertz CT molecular complexity index is 216. The Balaban J connectivity index is 3.25. The third-order valence-electron chi connectivity index (χ3n) is 1.55. The van der Waals surface area contributed by atoms with E-state index in [1.807, 2.05) is 13.0 Å². The van der Waals surface area contributed by atoms with Gasteiger partial charge in [-0.1, -0.05) is 36.5 Å². The molecule has 0 N–H and O–H groups in total. The van der Waals surface area contributed by atoms with E-state index in [4.69, 9.17) is 5.26 Å². The Labute approximate surface area is 81.1 Å². The van der Waals surface area contributed by atoms with Crippen molar-refractivity contribution in [3.05, 3.63) is 36.5 Å². The van der Waals surface area contributed by atoms with Crippen LogP contribution < -0.4 is 0 Å². The van der Waals surface area contributed by atoms with Gasteiger partial charge in [-0.05, 0) is 26.2 Å². The molecule has 0 bridgehead atoms. The minimum Gasteiger partial charge on any atom is -0.198 e. The second kappa shape index (κ2) is 10.7. The SMILES string of the molecule is C/C=C/C/C=C/CC/C=C/CC#N. The lowest BCUT2D eigenvalue weighted by molar-refractivity contribution is 1.04. The minimum absolute atomic E-state index is 0.530. The first-order chi connectivity index (χ1) is 6.41. The Morgan fingerprint density at radius 1 is 1.00 bits per heavy atom. The smallest absolute Gasteiger partial charge is 0.0663 e. The molecule has 1 heteroatoms. The summed E-state index contributed by atoms with van der Waals surface area (Å²) in [6.07, 6.45) is 16.2. The van der Waals surface area contributed by atoms with Crippen LogP contribution in [0.1, 0.15) is 32.6 Å². The minimum atomic E-state index is 0.530. The number of hydrogen-bond acceptors (Lipinski definition) is 1. The number of unbranched alkanes of at least 4 members (excludes halogenated alkanes) is 1. The van der Waals surface area contributed by atoms with E-state index < -0.39 is 0 Å². The molecule has 0 aliphatic rings. The topological polar surface area (TPSA) is 23.8 Å². The van der Waals surface area contributed by atoms with Crippen molar-refractivity contribution in [1.82, 2.24) is 0 Å². The van der Waals surface area contributed by atoms with Gasteiger partial charge in [0.05, 0.1) is 12.5 Å². The van der Waals surface area contributed by atoms with E-state index in [0.717, 1.165) is 19.3 Å². The van der Waals surface area contributed by atoms with Crippen molar-refractivity contribution in [2.75, 3.05) is 0 Å². The fourth-order valence-electron chi connectivity index (χ4n) is 0.875. The average Bonchev–Trinajstić information content (AvgIpc) is 2.16. The second-order valence-corrected chi connectivity index (χ2v) is 2.69. The second-order valence-electron chi connectivity index (χ2n) is 2.69. The normalized spacial score (nSPS) is 11.7. The number of allylic oxidation sites excluding steroid dienone is 6. The molecule has 0 aliphatic heterocycles. The highest BCUT2D eigenvalue weighted by molar-refractivity contribution is 4.94. The molecule has 0 aromatic carbocycles. The molecule has 0 spiro atoms. The lowest BCUT2D eigenvalue weighted by Gasteiger charge is -1.85. The van der Waals surface area contributed by atoms with E-state index >= 15 is 0 Å². The summed E-state index contributed by atoms with van der Waals surface area (Å²) < 4.78 is 0. The van der Waals surface area contributed by atoms with Gasteiger partial charge in [-0.15, -0.1) is 0 Å². The van der Waals surface area contributed by atoms with Crippen LogP contribution >= 0.6 is 0 Å². The summed E-state index contributed by atoms with van der Waals surface area (Å²) in [7, 11) is 0. The monoisotopic (exact) mass is 175 g/mol. The van der Waals surface area contributed by atoms with Crippen molar-refractivity contribution in [2.24, 2.45) is 0 Å². The van der Waals surface area contributed by atoms with E-state index in [2.05, 4.69) is 36.4 Å². The number of nitrogens with zero attached hydrogens (tertiary/aromatic N) is 1. The number of hydrogen-bond donors (Lipinski definition) is 0. The Morgan fingerprint density at radius 2 is 1.69 bits per heavy atom. The largest absolute Gasteiger partial charge is 0.198 e. The third kappa shape index (κ3) is 10.7. The summed E-state index contributed by atoms with van der Waals surface area (Å²) in [5, 5.41) is 8.24. The third-order valence-corrected chi connectivity index (χ3v) is 1.55. The number of nitriles is 1. The van der Waals surface area contributed by atoms with Crippen molar-refractivity contribution >= 4 is 0 Å². The molecule has 0 amide bonds. The van der Waals surface area contributed by atoms with E-state index in [0.29, 0.717) is 6.42 Å². The van der Waals surface area contributed by atoms with Gasteiger partial charge in [0.15, 0.2) is 0 Å². The molecule has 0 aromatic heterocycles. The van der Waals surface area contributed by atoms with Crippen molar-refractivity contribution in [3.63, 3.8) is 0 Å². The van der Waals surface area contributed by atoms with Gasteiger partial charge in [0.1, 0.15) is 0 Å². The molecule has 70 valence electrons. The molecule has 0 unspecified atom stereocenters. The van der Waals surface area contributed by atoms with Crippen molar-refractivity contribution in [1.29, 1.82) is 5.26 Å². The van der Waals surface area contributed by atoms with Crippen molar-refractivity contribution in [2.45, 2.75) is 32.6 Å². The van der Waals surface area contributed by atoms with Crippen LogP contribution in [0.25, 0.3) is 0 Å². The Kier molecular flexibility index (Phi) is 9.65. The number of rotatable bonds is 6. The standard InChI is InChI=1S/C12H17N/c1-2-3-4-5-6-7-8-9-10-11-12-13/h2-3,5-6,9-10H,4,7-8,11H2,1H3/b3-2+,6-5+,10-9+. The van der Waals surface area contributed by atoms with Gasteiger partial charge in [0.25, 0.3) is 0 Å². The zero-order chi connectivity index (χ0) is 9.78. The van der Waals surface area contributed by atoms with Gasteiger partial charge in [-0.3, -0.25) is 0 Å². The van der Waals surface area contributed by atoms with Gasteiger partial charge in [-0.2, -0.15) is 5.26 Å². The molecule has 1 nitrogen and oxygen atoms in total. The molecule has 0 saturated heterocycles. The summed E-state index contributed by atoms with van der Waals surface area (Å²) in [6, 6.07) is 2.07. The summed E-state index contributed by atoms with van der Waals surface area (Å²) in [6.45, 7) is 2.03. The fourth-order valence-corrected chi connectivity index (χ4v) is 0.875. The molecule has 0 aliphatic carbocycles. The Hall–Kier alpha value is -1.29. The van der Waals surface area contributed by atoms with Crippen molar-refractivity contribution in [3.8, 4) is 6.07 Å². The highest BCUT2D eigenvalue weighted by Crippen LogP contribution is 1.95. The zero-order valence-electron chi connectivity index (χ0n) is 8.24. The first kappa shape index (κ1) is 11.7. The van der Waals surface area contributed by atoms with Crippen LogP contribution in [0.5, 0.6) is 0 Å². The van der Waals surface area contributed by atoms with Gasteiger partial charge in [0, 0.05) is 0 Å². The predicted molar refractivity (Wildman–Crippen MR) is 57.2 cm³/mol. The van der Waals surface area contributed by atoms with Crippen molar-refractivity contribution < 1.29 is 0 Å². The molecule has 0 saturated carbocycles. The molecule has 0 atom stereocenters. The molecule has 0 radical (unpaired) electrons. The predicted octanol–water partition coefficient (Wildman–Crippen LogP) is 3.76. The van der Waals surface area contributed by atoms with Crippen LogP contribution in [-0.2, 0) is 0 Å². The summed E-state index contributed by atoms with van der Waals surface area (Å²) in [5.74, 6) is 0. The van der Waals surface area contributed by atoms with Gasteiger partial charge in [-0.25, -0.2) is 0 Å². The molecule has 13 heavy (non-hydrogen) atoms. The van der Waals surface area contributed by atoms with E-state index in [1.54, 1.807) is 0 Å². The first-order valence-corrected chi connectivity index (χ1v) is 4.70. The Morgan fingerprint density at radius 3 is 2.31 bits per heavy atom.